The Bertz CT molecular complexity index is 439. The summed E-state index contributed by atoms with van der Waals surface area (Å²) in [6.07, 6.45) is 2.49. The highest BCUT2D eigenvalue weighted by molar-refractivity contribution is 5.77. The molecule has 1 fully saturated rings. The highest BCUT2D eigenvalue weighted by Gasteiger charge is 2.21. The zero-order chi connectivity index (χ0) is 15.1. The first-order chi connectivity index (χ1) is 10.1. The van der Waals surface area contributed by atoms with E-state index in [1.165, 1.54) is 18.4 Å². The molecule has 1 saturated carbocycles. The summed E-state index contributed by atoms with van der Waals surface area (Å²) in [5.41, 5.74) is 1.22. The van der Waals surface area contributed by atoms with Gasteiger partial charge >= 0.3 is 0 Å². The van der Waals surface area contributed by atoms with Gasteiger partial charge in [-0.25, -0.2) is 0 Å². The largest absolute Gasteiger partial charge is 0.484 e. The van der Waals surface area contributed by atoms with Gasteiger partial charge in [-0.3, -0.25) is 4.79 Å². The summed E-state index contributed by atoms with van der Waals surface area (Å²) in [7, 11) is 0. The number of nitrogens with one attached hydrogen (secondary N) is 2. The number of ether oxygens (including phenoxy) is 1. The van der Waals surface area contributed by atoms with E-state index < -0.39 is 0 Å². The fourth-order valence-corrected chi connectivity index (χ4v) is 1.99. The van der Waals surface area contributed by atoms with Crippen LogP contribution in [0.4, 0.5) is 0 Å². The molecule has 1 aliphatic rings. The zero-order valence-electron chi connectivity index (χ0n) is 13.0. The topological polar surface area (TPSA) is 50.4 Å². The Morgan fingerprint density at radius 2 is 2.00 bits per heavy atom. The van der Waals surface area contributed by atoms with Crippen LogP contribution in [0.25, 0.3) is 0 Å². The van der Waals surface area contributed by atoms with E-state index in [-0.39, 0.29) is 12.5 Å². The maximum Gasteiger partial charge on any atom is 0.257 e. The van der Waals surface area contributed by atoms with E-state index in [0.29, 0.717) is 11.8 Å². The monoisotopic (exact) mass is 290 g/mol. The van der Waals surface area contributed by atoms with E-state index in [2.05, 4.69) is 24.5 Å². The first kappa shape index (κ1) is 15.8. The second-order valence-corrected chi connectivity index (χ2v) is 6.20. The summed E-state index contributed by atoms with van der Waals surface area (Å²) in [4.78, 5) is 11.6. The Balaban J connectivity index is 1.65. The average molecular weight is 290 g/mol. The lowest BCUT2D eigenvalue weighted by molar-refractivity contribution is -0.123. The van der Waals surface area contributed by atoms with Crippen molar-refractivity contribution in [3.63, 3.8) is 0 Å². The third-order valence-corrected chi connectivity index (χ3v) is 3.46. The lowest BCUT2D eigenvalue weighted by atomic mass is 10.2. The maximum absolute atomic E-state index is 11.6. The summed E-state index contributed by atoms with van der Waals surface area (Å²) in [5, 5.41) is 6.29. The molecule has 4 heteroatoms. The molecular formula is C17H26N2O2. The van der Waals surface area contributed by atoms with Crippen molar-refractivity contribution in [3.05, 3.63) is 29.8 Å². The number of hydrogen-bond acceptors (Lipinski definition) is 3. The standard InChI is InChI=1S/C17H26N2O2/c1-13(2)9-18-10-14-5-7-16(8-6-14)21-12-17(20)19-11-15-3-4-15/h5-8,13,15,18H,3-4,9-12H2,1-2H3,(H,19,20). The van der Waals surface area contributed by atoms with E-state index in [0.717, 1.165) is 25.4 Å². The van der Waals surface area contributed by atoms with Crippen molar-refractivity contribution in [2.45, 2.75) is 33.2 Å². The molecule has 0 unspecified atom stereocenters. The fourth-order valence-electron chi connectivity index (χ4n) is 1.99. The molecule has 1 aromatic carbocycles. The second kappa shape index (κ2) is 8.03. The van der Waals surface area contributed by atoms with E-state index >= 15 is 0 Å². The van der Waals surface area contributed by atoms with E-state index in [4.69, 9.17) is 4.74 Å². The van der Waals surface area contributed by atoms with Gasteiger partial charge in [0.15, 0.2) is 6.61 Å². The van der Waals surface area contributed by atoms with Crippen LogP contribution in [0, 0.1) is 11.8 Å². The molecule has 1 aromatic rings. The van der Waals surface area contributed by atoms with Gasteiger partial charge in [-0.15, -0.1) is 0 Å². The minimum absolute atomic E-state index is 0.0374. The summed E-state index contributed by atoms with van der Waals surface area (Å²) in [6, 6.07) is 7.90. The lowest BCUT2D eigenvalue weighted by Gasteiger charge is -2.09. The van der Waals surface area contributed by atoms with Gasteiger partial charge in [-0.05, 0) is 48.9 Å². The van der Waals surface area contributed by atoms with Crippen molar-refractivity contribution < 1.29 is 9.53 Å². The Kier molecular flexibility index (Phi) is 6.05. The highest BCUT2D eigenvalue weighted by atomic mass is 16.5. The Morgan fingerprint density at radius 3 is 2.62 bits per heavy atom. The molecule has 0 heterocycles. The fraction of sp³-hybridized carbons (Fsp3) is 0.588. The quantitative estimate of drug-likeness (QED) is 0.734. The first-order valence-electron chi connectivity index (χ1n) is 7.82. The molecule has 1 amide bonds. The van der Waals surface area contributed by atoms with Crippen LogP contribution in [0.15, 0.2) is 24.3 Å². The van der Waals surface area contributed by atoms with Gasteiger partial charge in [0.1, 0.15) is 5.75 Å². The molecule has 0 aliphatic heterocycles. The van der Waals surface area contributed by atoms with Gasteiger partial charge < -0.3 is 15.4 Å². The average Bonchev–Trinajstić information content (AvgIpc) is 3.28. The first-order valence-corrected chi connectivity index (χ1v) is 7.82. The van der Waals surface area contributed by atoms with Crippen LogP contribution in [-0.4, -0.2) is 25.6 Å². The van der Waals surface area contributed by atoms with E-state index in [1.807, 2.05) is 24.3 Å². The molecule has 2 rings (SSSR count). The molecule has 21 heavy (non-hydrogen) atoms. The molecule has 0 bridgehead atoms. The van der Waals surface area contributed by atoms with Crippen LogP contribution in [0.3, 0.4) is 0 Å². The molecule has 1 aliphatic carbocycles. The van der Waals surface area contributed by atoms with E-state index in [1.54, 1.807) is 0 Å². The molecule has 116 valence electrons. The van der Waals surface area contributed by atoms with Crippen LogP contribution in [0.1, 0.15) is 32.3 Å². The van der Waals surface area contributed by atoms with Crippen molar-refractivity contribution in [1.82, 2.24) is 10.6 Å². The predicted molar refractivity (Wildman–Crippen MR) is 84.2 cm³/mol. The van der Waals surface area contributed by atoms with Crippen LogP contribution in [0.2, 0.25) is 0 Å². The van der Waals surface area contributed by atoms with Crippen LogP contribution in [0.5, 0.6) is 5.75 Å². The Hall–Kier alpha value is -1.55. The third kappa shape index (κ3) is 6.63. The van der Waals surface area contributed by atoms with Crippen molar-refractivity contribution in [2.24, 2.45) is 11.8 Å². The minimum atomic E-state index is -0.0374. The number of hydrogen-bond donors (Lipinski definition) is 2. The van der Waals surface area contributed by atoms with Gasteiger partial charge in [0, 0.05) is 13.1 Å². The third-order valence-electron chi connectivity index (χ3n) is 3.46. The SMILES string of the molecule is CC(C)CNCc1ccc(OCC(=O)NCC2CC2)cc1. The number of benzene rings is 1. The molecule has 0 radical (unpaired) electrons. The van der Waals surface area contributed by atoms with Gasteiger partial charge in [0.25, 0.3) is 5.91 Å². The molecule has 0 spiro atoms. The second-order valence-electron chi connectivity index (χ2n) is 6.20. The summed E-state index contributed by atoms with van der Waals surface area (Å²) >= 11 is 0. The van der Waals surface area contributed by atoms with Crippen LogP contribution in [-0.2, 0) is 11.3 Å². The summed E-state index contributed by atoms with van der Waals surface area (Å²) in [5.74, 6) is 2.06. The van der Waals surface area contributed by atoms with Gasteiger partial charge in [0.05, 0.1) is 0 Å². The van der Waals surface area contributed by atoms with Crippen LogP contribution >= 0.6 is 0 Å². The van der Waals surface area contributed by atoms with Gasteiger partial charge in [0.2, 0.25) is 0 Å². The normalized spacial score (nSPS) is 14.2. The smallest absolute Gasteiger partial charge is 0.257 e. The number of amides is 1. The van der Waals surface area contributed by atoms with Crippen molar-refractivity contribution in [3.8, 4) is 5.75 Å². The number of carbonyl (C=O) groups excluding carboxylic acids is 1. The number of rotatable bonds is 9. The Labute approximate surface area is 127 Å². The maximum atomic E-state index is 11.6. The van der Waals surface area contributed by atoms with Crippen molar-refractivity contribution in [2.75, 3.05) is 19.7 Å². The molecular weight excluding hydrogens is 264 g/mol. The van der Waals surface area contributed by atoms with Crippen molar-refractivity contribution in [1.29, 1.82) is 0 Å². The Morgan fingerprint density at radius 1 is 1.29 bits per heavy atom. The van der Waals surface area contributed by atoms with Gasteiger partial charge in [-0.1, -0.05) is 26.0 Å². The predicted octanol–water partition coefficient (Wildman–Crippen LogP) is 2.34. The number of carbonyl (C=O) groups is 1. The van der Waals surface area contributed by atoms with Gasteiger partial charge in [-0.2, -0.15) is 0 Å². The molecule has 0 aromatic heterocycles. The molecule has 4 nitrogen and oxygen atoms in total. The lowest BCUT2D eigenvalue weighted by Crippen LogP contribution is -2.30. The van der Waals surface area contributed by atoms with Crippen LogP contribution < -0.4 is 15.4 Å². The molecule has 0 atom stereocenters. The zero-order valence-corrected chi connectivity index (χ0v) is 13.0. The van der Waals surface area contributed by atoms with Crippen molar-refractivity contribution >= 4 is 5.91 Å². The minimum Gasteiger partial charge on any atom is -0.484 e. The molecule has 0 saturated heterocycles. The summed E-state index contributed by atoms with van der Waals surface area (Å²) in [6.45, 7) is 7.15. The highest BCUT2D eigenvalue weighted by Crippen LogP contribution is 2.27. The summed E-state index contributed by atoms with van der Waals surface area (Å²) < 4.78 is 5.49. The molecule has 2 N–H and O–H groups in total. The van der Waals surface area contributed by atoms with E-state index in [9.17, 15) is 4.79 Å².